The SMILES string of the molecule is CC1=C(C(=O)Nc2cc(C(=O)O)ccn2)C(c2ccccc2C)N=C(Nc2nc3cccc(C)c3o2)N1. The van der Waals surface area contributed by atoms with Gasteiger partial charge in [0, 0.05) is 11.9 Å². The number of carbonyl (C=O) groups excluding carboxylic acids is 1. The van der Waals surface area contributed by atoms with Gasteiger partial charge in [-0.1, -0.05) is 36.4 Å². The number of hydrogen-bond donors (Lipinski definition) is 4. The number of guanidine groups is 1. The molecular weight excluding hydrogens is 472 g/mol. The van der Waals surface area contributed by atoms with Gasteiger partial charge in [-0.05, 0) is 55.7 Å². The van der Waals surface area contributed by atoms with Gasteiger partial charge in [0.15, 0.2) is 5.58 Å². The van der Waals surface area contributed by atoms with Crippen molar-refractivity contribution in [2.45, 2.75) is 26.8 Å². The first kappa shape index (κ1) is 23.7. The van der Waals surface area contributed by atoms with E-state index in [0.717, 1.165) is 22.2 Å². The molecule has 1 amide bonds. The second kappa shape index (κ2) is 9.57. The van der Waals surface area contributed by atoms with Crippen LogP contribution in [0.5, 0.6) is 0 Å². The van der Waals surface area contributed by atoms with Gasteiger partial charge >= 0.3 is 12.0 Å². The molecule has 37 heavy (non-hydrogen) atoms. The number of allylic oxidation sites excluding steroid dienone is 1. The highest BCUT2D eigenvalue weighted by atomic mass is 16.4. The van der Waals surface area contributed by atoms with Gasteiger partial charge in [-0.25, -0.2) is 14.8 Å². The third-order valence-corrected chi connectivity index (χ3v) is 6.05. The summed E-state index contributed by atoms with van der Waals surface area (Å²) in [4.78, 5) is 38.2. The molecule has 4 aromatic rings. The van der Waals surface area contributed by atoms with Crippen LogP contribution in [-0.2, 0) is 4.79 Å². The van der Waals surface area contributed by atoms with Gasteiger partial charge in [0.05, 0.1) is 11.1 Å². The molecule has 0 spiro atoms. The Morgan fingerprint density at radius 3 is 2.57 bits per heavy atom. The molecule has 186 valence electrons. The van der Waals surface area contributed by atoms with Crippen LogP contribution in [0.1, 0.15) is 40.0 Å². The van der Waals surface area contributed by atoms with Crippen molar-refractivity contribution in [1.29, 1.82) is 0 Å². The fraction of sp³-hybridized carbons (Fsp3) is 0.148. The minimum absolute atomic E-state index is 0.0197. The summed E-state index contributed by atoms with van der Waals surface area (Å²) >= 11 is 0. The smallest absolute Gasteiger partial charge is 0.335 e. The highest BCUT2D eigenvalue weighted by Gasteiger charge is 2.31. The van der Waals surface area contributed by atoms with Crippen LogP contribution < -0.4 is 16.0 Å². The second-order valence-electron chi connectivity index (χ2n) is 8.66. The lowest BCUT2D eigenvalue weighted by Crippen LogP contribution is -2.37. The average molecular weight is 497 g/mol. The van der Waals surface area contributed by atoms with Gasteiger partial charge in [-0.15, -0.1) is 0 Å². The fourth-order valence-electron chi connectivity index (χ4n) is 4.21. The Hall–Kier alpha value is -4.99. The number of pyridine rings is 1. The van der Waals surface area contributed by atoms with E-state index < -0.39 is 17.9 Å². The largest absolute Gasteiger partial charge is 0.478 e. The molecule has 0 aliphatic carbocycles. The molecule has 10 heteroatoms. The first-order valence-electron chi connectivity index (χ1n) is 11.5. The molecule has 1 unspecified atom stereocenters. The Morgan fingerprint density at radius 1 is 1.03 bits per heavy atom. The lowest BCUT2D eigenvalue weighted by molar-refractivity contribution is -0.113. The predicted molar refractivity (Wildman–Crippen MR) is 139 cm³/mol. The molecule has 1 aliphatic heterocycles. The number of rotatable bonds is 5. The van der Waals surface area contributed by atoms with Crippen molar-refractivity contribution in [2.24, 2.45) is 4.99 Å². The van der Waals surface area contributed by atoms with Crippen LogP contribution in [0.4, 0.5) is 11.8 Å². The van der Waals surface area contributed by atoms with Gasteiger partial charge in [0.25, 0.3) is 5.91 Å². The van der Waals surface area contributed by atoms with Crippen LogP contribution in [0, 0.1) is 13.8 Å². The van der Waals surface area contributed by atoms with Crippen LogP contribution in [0.15, 0.2) is 81.5 Å². The van der Waals surface area contributed by atoms with E-state index >= 15 is 0 Å². The summed E-state index contributed by atoms with van der Waals surface area (Å²) < 4.78 is 5.89. The molecule has 0 radical (unpaired) electrons. The fourth-order valence-corrected chi connectivity index (χ4v) is 4.21. The Kier molecular flexibility index (Phi) is 6.14. The van der Waals surface area contributed by atoms with E-state index in [9.17, 15) is 14.7 Å². The maximum atomic E-state index is 13.5. The summed E-state index contributed by atoms with van der Waals surface area (Å²) in [5.74, 6) is -1.06. The summed E-state index contributed by atoms with van der Waals surface area (Å²) in [6.45, 7) is 5.67. The number of amides is 1. The number of fused-ring (bicyclic) bond motifs is 1. The topological polar surface area (TPSA) is 142 Å². The summed E-state index contributed by atoms with van der Waals surface area (Å²) in [5.41, 5.74) is 5.11. The lowest BCUT2D eigenvalue weighted by Gasteiger charge is -2.27. The summed E-state index contributed by atoms with van der Waals surface area (Å²) in [6.07, 6.45) is 1.33. The highest BCUT2D eigenvalue weighted by Crippen LogP contribution is 2.33. The molecule has 2 aromatic heterocycles. The second-order valence-corrected chi connectivity index (χ2v) is 8.66. The maximum absolute atomic E-state index is 13.5. The number of aliphatic imine (C=N–C) groups is 1. The van der Waals surface area contributed by atoms with E-state index in [4.69, 9.17) is 9.41 Å². The first-order chi connectivity index (χ1) is 17.8. The minimum atomic E-state index is -1.11. The zero-order valence-electron chi connectivity index (χ0n) is 20.4. The Balaban J connectivity index is 1.49. The predicted octanol–water partition coefficient (Wildman–Crippen LogP) is 4.56. The molecule has 1 aliphatic rings. The monoisotopic (exact) mass is 496 g/mol. The summed E-state index contributed by atoms with van der Waals surface area (Å²) in [7, 11) is 0. The van der Waals surface area contributed by atoms with Crippen molar-refractivity contribution in [3.05, 3.63) is 94.3 Å². The van der Waals surface area contributed by atoms with Crippen molar-refractivity contribution in [3.8, 4) is 0 Å². The van der Waals surface area contributed by atoms with Crippen LogP contribution >= 0.6 is 0 Å². The van der Waals surface area contributed by atoms with E-state index in [-0.39, 0.29) is 17.4 Å². The Labute approximate surface area is 212 Å². The van der Waals surface area contributed by atoms with Crippen LogP contribution in [-0.4, -0.2) is 32.9 Å². The van der Waals surface area contributed by atoms with Crippen LogP contribution in [0.2, 0.25) is 0 Å². The van der Waals surface area contributed by atoms with E-state index in [1.54, 1.807) is 6.92 Å². The lowest BCUT2D eigenvalue weighted by atomic mass is 9.92. The summed E-state index contributed by atoms with van der Waals surface area (Å²) in [6, 6.07) is 15.7. The number of benzene rings is 2. The Morgan fingerprint density at radius 2 is 1.81 bits per heavy atom. The van der Waals surface area contributed by atoms with E-state index in [0.29, 0.717) is 22.8 Å². The number of hydrogen-bond acceptors (Lipinski definition) is 8. The molecule has 0 bridgehead atoms. The number of nitrogens with zero attached hydrogens (tertiary/aromatic N) is 3. The Bertz CT molecular complexity index is 1600. The zero-order chi connectivity index (χ0) is 26.1. The number of aromatic carboxylic acids is 1. The maximum Gasteiger partial charge on any atom is 0.335 e. The third-order valence-electron chi connectivity index (χ3n) is 6.05. The van der Waals surface area contributed by atoms with E-state index in [1.807, 2.05) is 56.3 Å². The molecule has 0 saturated carbocycles. The van der Waals surface area contributed by atoms with E-state index in [2.05, 4.69) is 25.9 Å². The number of carbonyl (C=O) groups is 2. The van der Waals surface area contributed by atoms with Gasteiger partial charge in [0.1, 0.15) is 17.4 Å². The first-order valence-corrected chi connectivity index (χ1v) is 11.5. The molecule has 0 saturated heterocycles. The van der Waals surface area contributed by atoms with Gasteiger partial charge in [0.2, 0.25) is 5.96 Å². The average Bonchev–Trinajstić information content (AvgIpc) is 3.28. The number of nitrogens with one attached hydrogen (secondary N) is 3. The van der Waals surface area contributed by atoms with Crippen molar-refractivity contribution < 1.29 is 19.1 Å². The van der Waals surface area contributed by atoms with Crippen LogP contribution in [0.25, 0.3) is 11.1 Å². The number of para-hydroxylation sites is 1. The molecular formula is C27H24N6O4. The number of aromatic nitrogens is 2. The summed E-state index contributed by atoms with van der Waals surface area (Å²) in [5, 5.41) is 18.2. The highest BCUT2D eigenvalue weighted by molar-refractivity contribution is 6.07. The van der Waals surface area contributed by atoms with Crippen molar-refractivity contribution in [3.63, 3.8) is 0 Å². The molecule has 3 heterocycles. The van der Waals surface area contributed by atoms with Gasteiger partial charge in [-0.3, -0.25) is 10.1 Å². The van der Waals surface area contributed by atoms with Crippen molar-refractivity contribution >= 4 is 40.8 Å². The number of oxazole rings is 1. The quantitative estimate of drug-likeness (QED) is 0.315. The number of aryl methyl sites for hydroxylation is 2. The molecule has 0 fully saturated rings. The number of carboxylic acid groups (broad SMARTS) is 1. The molecule has 4 N–H and O–H groups in total. The van der Waals surface area contributed by atoms with Crippen LogP contribution in [0.3, 0.4) is 0 Å². The van der Waals surface area contributed by atoms with Crippen molar-refractivity contribution in [1.82, 2.24) is 15.3 Å². The minimum Gasteiger partial charge on any atom is -0.478 e. The number of anilines is 2. The normalized spacial score (nSPS) is 15.2. The van der Waals surface area contributed by atoms with Gasteiger partial charge < -0.3 is 20.2 Å². The molecule has 10 nitrogen and oxygen atoms in total. The zero-order valence-corrected chi connectivity index (χ0v) is 20.4. The molecule has 1 atom stereocenters. The molecule has 5 rings (SSSR count). The number of carboxylic acids is 1. The van der Waals surface area contributed by atoms with Gasteiger partial charge in [-0.2, -0.15) is 4.98 Å². The standard InChI is InChI=1S/C27H24N6O4/c1-14-7-4-5-9-18(14)22-21(24(34)31-20-13-17(25(35)36)11-12-28-20)16(3)29-26(32-22)33-27-30-19-10-6-8-15(2)23(19)37-27/h4-13,22H,1-3H3,(H,35,36)(H,28,31,34)(H2,29,30,32,33). The van der Waals surface area contributed by atoms with Crippen molar-refractivity contribution in [2.75, 3.05) is 10.6 Å². The van der Waals surface area contributed by atoms with E-state index in [1.165, 1.54) is 18.3 Å². The third kappa shape index (κ3) is 4.76. The molecule has 2 aromatic carbocycles.